The van der Waals surface area contributed by atoms with Crippen LogP contribution >= 0.6 is 11.3 Å². The number of aliphatic imine (C=N–C) groups is 1. The Kier molecular flexibility index (Phi) is 4.59. The number of para-hydroxylation sites is 2. The molecule has 0 atom stereocenters. The molecule has 0 spiro atoms. The smallest absolute Gasteiger partial charge is 0.257 e. The lowest BCUT2D eigenvalue weighted by molar-refractivity contribution is 0.102. The third-order valence-electron chi connectivity index (χ3n) is 3.11. The van der Waals surface area contributed by atoms with Gasteiger partial charge in [-0.1, -0.05) is 30.3 Å². The van der Waals surface area contributed by atoms with Gasteiger partial charge < -0.3 is 5.32 Å². The summed E-state index contributed by atoms with van der Waals surface area (Å²) >= 11 is 1.01. The molecule has 3 aromatic rings. The van der Waals surface area contributed by atoms with Crippen LogP contribution in [0.3, 0.4) is 0 Å². The molecule has 2 aromatic carbocycles. The molecule has 5 heteroatoms. The van der Waals surface area contributed by atoms with Gasteiger partial charge >= 0.3 is 0 Å². The fourth-order valence-corrected chi connectivity index (χ4v) is 2.63. The van der Waals surface area contributed by atoms with Crippen molar-refractivity contribution < 1.29 is 9.18 Å². The number of carbonyl (C=O) groups excluding carboxylic acids is 1. The second kappa shape index (κ2) is 6.98. The summed E-state index contributed by atoms with van der Waals surface area (Å²) < 4.78 is 13.0. The second-order valence-electron chi connectivity index (χ2n) is 4.74. The summed E-state index contributed by atoms with van der Waals surface area (Å²) in [7, 11) is 0. The molecule has 0 aliphatic heterocycles. The molecule has 1 aromatic heterocycles. The van der Waals surface area contributed by atoms with E-state index in [1.165, 1.54) is 6.07 Å². The van der Waals surface area contributed by atoms with E-state index in [0.717, 1.165) is 17.0 Å². The number of hydrogen-bond donors (Lipinski definition) is 1. The summed E-state index contributed by atoms with van der Waals surface area (Å²) in [5.41, 5.74) is 1.72. The van der Waals surface area contributed by atoms with Gasteiger partial charge in [0.15, 0.2) is 5.13 Å². The minimum absolute atomic E-state index is 0.235. The van der Waals surface area contributed by atoms with Gasteiger partial charge in [0.1, 0.15) is 0 Å². The van der Waals surface area contributed by atoms with Crippen LogP contribution < -0.4 is 5.32 Å². The minimum Gasteiger partial charge on any atom is -0.322 e. The molecule has 0 aliphatic rings. The van der Waals surface area contributed by atoms with Gasteiger partial charge in [0.05, 0.1) is 11.3 Å². The van der Waals surface area contributed by atoms with Crippen LogP contribution in [0, 0.1) is 5.13 Å². The molecule has 0 saturated carbocycles. The zero-order valence-corrected chi connectivity index (χ0v) is 12.9. The topological polar surface area (TPSA) is 41.5 Å². The number of thiophene rings is 1. The minimum atomic E-state index is -0.262. The van der Waals surface area contributed by atoms with E-state index in [1.54, 1.807) is 36.5 Å². The third kappa shape index (κ3) is 3.90. The summed E-state index contributed by atoms with van der Waals surface area (Å²) in [6.07, 6.45) is 1.56. The highest BCUT2D eigenvalue weighted by Crippen LogP contribution is 2.21. The van der Waals surface area contributed by atoms with E-state index in [-0.39, 0.29) is 11.0 Å². The fraction of sp³-hybridized carbons (Fsp3) is 0. The van der Waals surface area contributed by atoms with Crippen molar-refractivity contribution in [1.82, 2.24) is 0 Å². The number of halogens is 1. The molecule has 1 amide bonds. The number of benzene rings is 2. The first kappa shape index (κ1) is 15.1. The van der Waals surface area contributed by atoms with Crippen LogP contribution in [0.5, 0.6) is 0 Å². The molecule has 23 heavy (non-hydrogen) atoms. The maximum atomic E-state index is 13.0. The third-order valence-corrected chi connectivity index (χ3v) is 3.91. The van der Waals surface area contributed by atoms with Gasteiger partial charge in [-0.15, -0.1) is 11.3 Å². The summed E-state index contributed by atoms with van der Waals surface area (Å²) in [5.74, 6) is -0.235. The first-order chi connectivity index (χ1) is 11.2. The molecule has 3 nitrogen and oxygen atoms in total. The number of nitrogens with one attached hydrogen (secondary N) is 1. The number of anilines is 1. The van der Waals surface area contributed by atoms with Gasteiger partial charge in [0.25, 0.3) is 5.91 Å². The standard InChI is InChI=1S/C18H13FN2OS/c19-17-11-10-14(23-17)12-20-16-9-5-4-8-15(16)18(22)21-13-6-2-1-3-7-13/h1-12H,(H,21,22). The largest absolute Gasteiger partial charge is 0.322 e. The Bertz CT molecular complexity index is 843. The normalized spacial score (nSPS) is 10.8. The summed E-state index contributed by atoms with van der Waals surface area (Å²) in [6.45, 7) is 0. The predicted molar refractivity (Wildman–Crippen MR) is 92.4 cm³/mol. The Balaban J connectivity index is 1.82. The first-order valence-corrected chi connectivity index (χ1v) is 7.79. The molecule has 0 saturated heterocycles. The van der Waals surface area contributed by atoms with Crippen molar-refractivity contribution >= 4 is 34.8 Å². The number of nitrogens with zero attached hydrogens (tertiary/aromatic N) is 1. The van der Waals surface area contributed by atoms with Crippen LogP contribution in [-0.2, 0) is 0 Å². The van der Waals surface area contributed by atoms with E-state index in [9.17, 15) is 9.18 Å². The predicted octanol–water partition coefficient (Wildman–Crippen LogP) is 4.89. The van der Waals surface area contributed by atoms with Gasteiger partial charge in [0, 0.05) is 16.8 Å². The number of amides is 1. The van der Waals surface area contributed by atoms with E-state index in [1.807, 2.05) is 30.3 Å². The molecule has 0 unspecified atom stereocenters. The molecular formula is C18H13FN2OS. The van der Waals surface area contributed by atoms with E-state index in [2.05, 4.69) is 10.3 Å². The molecule has 114 valence electrons. The molecule has 1 heterocycles. The van der Waals surface area contributed by atoms with Crippen LogP contribution in [0.25, 0.3) is 0 Å². The zero-order chi connectivity index (χ0) is 16.1. The SMILES string of the molecule is O=C(Nc1ccccc1)c1ccccc1N=Cc1ccc(F)s1. The number of carbonyl (C=O) groups is 1. The Hall–Kier alpha value is -2.79. The van der Waals surface area contributed by atoms with Gasteiger partial charge in [-0.05, 0) is 36.4 Å². The Morgan fingerprint density at radius 2 is 1.74 bits per heavy atom. The number of rotatable bonds is 4. The molecule has 0 aliphatic carbocycles. The van der Waals surface area contributed by atoms with Crippen molar-refractivity contribution in [2.75, 3.05) is 5.32 Å². The molecule has 1 N–H and O–H groups in total. The molecule has 0 bridgehead atoms. The lowest BCUT2D eigenvalue weighted by atomic mass is 10.1. The monoisotopic (exact) mass is 324 g/mol. The van der Waals surface area contributed by atoms with Gasteiger partial charge in [-0.25, -0.2) is 0 Å². The lowest BCUT2D eigenvalue weighted by Crippen LogP contribution is -2.11. The Morgan fingerprint density at radius 3 is 2.48 bits per heavy atom. The fourth-order valence-electron chi connectivity index (χ4n) is 2.03. The first-order valence-electron chi connectivity index (χ1n) is 6.97. The van der Waals surface area contributed by atoms with Crippen molar-refractivity contribution in [3.05, 3.63) is 82.3 Å². The quantitative estimate of drug-likeness (QED) is 0.682. The highest BCUT2D eigenvalue weighted by molar-refractivity contribution is 7.12. The van der Waals surface area contributed by atoms with E-state index in [4.69, 9.17) is 0 Å². The molecule has 0 fully saturated rings. The van der Waals surface area contributed by atoms with Crippen LogP contribution in [0.4, 0.5) is 15.8 Å². The van der Waals surface area contributed by atoms with Crippen LogP contribution in [0.2, 0.25) is 0 Å². The Morgan fingerprint density at radius 1 is 1.00 bits per heavy atom. The molecule has 3 rings (SSSR count). The highest BCUT2D eigenvalue weighted by atomic mass is 32.1. The van der Waals surface area contributed by atoms with E-state index < -0.39 is 0 Å². The maximum absolute atomic E-state index is 13.0. The zero-order valence-electron chi connectivity index (χ0n) is 12.1. The molecule has 0 radical (unpaired) electrons. The van der Waals surface area contributed by atoms with Gasteiger partial charge in [-0.2, -0.15) is 4.39 Å². The van der Waals surface area contributed by atoms with E-state index >= 15 is 0 Å². The lowest BCUT2D eigenvalue weighted by Gasteiger charge is -2.07. The summed E-state index contributed by atoms with van der Waals surface area (Å²) in [6, 6.07) is 19.3. The van der Waals surface area contributed by atoms with Crippen LogP contribution in [-0.4, -0.2) is 12.1 Å². The Labute approximate surface area is 137 Å². The average molecular weight is 324 g/mol. The van der Waals surface area contributed by atoms with Crippen molar-refractivity contribution in [1.29, 1.82) is 0 Å². The maximum Gasteiger partial charge on any atom is 0.257 e. The number of hydrogen-bond acceptors (Lipinski definition) is 3. The summed E-state index contributed by atoms with van der Waals surface area (Å²) in [4.78, 5) is 17.4. The van der Waals surface area contributed by atoms with Crippen LogP contribution in [0.1, 0.15) is 15.2 Å². The van der Waals surface area contributed by atoms with Crippen molar-refractivity contribution in [2.45, 2.75) is 0 Å². The van der Waals surface area contributed by atoms with Crippen molar-refractivity contribution in [3.63, 3.8) is 0 Å². The van der Waals surface area contributed by atoms with Crippen molar-refractivity contribution in [3.8, 4) is 0 Å². The van der Waals surface area contributed by atoms with Gasteiger partial charge in [-0.3, -0.25) is 9.79 Å². The van der Waals surface area contributed by atoms with E-state index in [0.29, 0.717) is 16.1 Å². The average Bonchev–Trinajstić information content (AvgIpc) is 2.99. The second-order valence-corrected chi connectivity index (χ2v) is 5.80. The summed E-state index contributed by atoms with van der Waals surface area (Å²) in [5, 5.41) is 2.57. The van der Waals surface area contributed by atoms with Crippen LogP contribution in [0.15, 0.2) is 71.7 Å². The molecular weight excluding hydrogens is 311 g/mol. The highest BCUT2D eigenvalue weighted by Gasteiger charge is 2.10. The van der Waals surface area contributed by atoms with Gasteiger partial charge in [0.2, 0.25) is 0 Å². The van der Waals surface area contributed by atoms with Crippen molar-refractivity contribution in [2.24, 2.45) is 4.99 Å².